The Morgan fingerprint density at radius 3 is 2.50 bits per heavy atom. The van der Waals surface area contributed by atoms with Crippen molar-refractivity contribution in [1.29, 1.82) is 0 Å². The number of nitrogens with one attached hydrogen (secondary N) is 1. The molecule has 3 amide bonds. The van der Waals surface area contributed by atoms with Crippen LogP contribution in [0, 0.1) is 5.92 Å². The van der Waals surface area contributed by atoms with Gasteiger partial charge in [0.15, 0.2) is 0 Å². The highest BCUT2D eigenvalue weighted by Crippen LogP contribution is 2.26. The third-order valence-electron chi connectivity index (χ3n) is 3.91. The molecule has 1 aromatic carbocycles. The SMILES string of the molecule is CC(C)CNC(=O)N1CCCN(C(=O)c2cccc(Cl)c2Cl)CC1. The Bertz CT molecular complexity index is 607. The van der Waals surface area contributed by atoms with E-state index >= 15 is 0 Å². The van der Waals surface area contributed by atoms with Gasteiger partial charge in [-0.2, -0.15) is 0 Å². The first-order chi connectivity index (χ1) is 11.4. The molecule has 1 saturated heterocycles. The highest BCUT2D eigenvalue weighted by Gasteiger charge is 2.24. The Labute approximate surface area is 152 Å². The molecule has 5 nitrogen and oxygen atoms in total. The van der Waals surface area contributed by atoms with Crippen LogP contribution in [0.15, 0.2) is 18.2 Å². The molecule has 1 aromatic rings. The van der Waals surface area contributed by atoms with E-state index in [1.165, 1.54) is 0 Å². The average molecular weight is 372 g/mol. The Kier molecular flexibility index (Phi) is 6.75. The molecule has 7 heteroatoms. The van der Waals surface area contributed by atoms with Gasteiger partial charge in [-0.15, -0.1) is 0 Å². The number of halogens is 2. The number of rotatable bonds is 3. The highest BCUT2D eigenvalue weighted by molar-refractivity contribution is 6.43. The van der Waals surface area contributed by atoms with Gasteiger partial charge in [-0.05, 0) is 24.5 Å². The lowest BCUT2D eigenvalue weighted by Gasteiger charge is -2.23. The molecule has 0 aromatic heterocycles. The van der Waals surface area contributed by atoms with Gasteiger partial charge in [0.1, 0.15) is 0 Å². The number of carbonyl (C=O) groups is 2. The third-order valence-corrected chi connectivity index (χ3v) is 4.73. The van der Waals surface area contributed by atoms with Crippen LogP contribution in [0.2, 0.25) is 10.0 Å². The van der Waals surface area contributed by atoms with E-state index in [4.69, 9.17) is 23.2 Å². The van der Waals surface area contributed by atoms with Gasteiger partial charge in [-0.25, -0.2) is 4.79 Å². The minimum absolute atomic E-state index is 0.0706. The number of hydrogen-bond donors (Lipinski definition) is 1. The van der Waals surface area contributed by atoms with Crippen molar-refractivity contribution < 1.29 is 9.59 Å². The number of carbonyl (C=O) groups excluding carboxylic acids is 2. The summed E-state index contributed by atoms with van der Waals surface area (Å²) in [6, 6.07) is 4.97. The van der Waals surface area contributed by atoms with E-state index in [9.17, 15) is 9.59 Å². The second-order valence-electron chi connectivity index (χ2n) is 6.31. The van der Waals surface area contributed by atoms with Crippen LogP contribution in [-0.2, 0) is 0 Å². The Morgan fingerprint density at radius 2 is 1.79 bits per heavy atom. The summed E-state index contributed by atoms with van der Waals surface area (Å²) in [6.07, 6.45) is 0.735. The molecular weight excluding hydrogens is 349 g/mol. The van der Waals surface area contributed by atoms with Crippen molar-refractivity contribution in [3.8, 4) is 0 Å². The van der Waals surface area contributed by atoms with Crippen molar-refractivity contribution in [2.75, 3.05) is 32.7 Å². The zero-order valence-corrected chi connectivity index (χ0v) is 15.5. The first kappa shape index (κ1) is 18.9. The first-order valence-corrected chi connectivity index (χ1v) is 8.91. The van der Waals surface area contributed by atoms with Crippen molar-refractivity contribution >= 4 is 35.1 Å². The van der Waals surface area contributed by atoms with Crippen molar-refractivity contribution in [1.82, 2.24) is 15.1 Å². The van der Waals surface area contributed by atoms with E-state index in [0.29, 0.717) is 49.2 Å². The van der Waals surface area contributed by atoms with Crippen LogP contribution in [-0.4, -0.2) is 54.5 Å². The van der Waals surface area contributed by atoms with Gasteiger partial charge >= 0.3 is 6.03 Å². The maximum Gasteiger partial charge on any atom is 0.317 e. The fourth-order valence-electron chi connectivity index (χ4n) is 2.57. The molecule has 0 aliphatic carbocycles. The Hall–Kier alpha value is -1.46. The van der Waals surface area contributed by atoms with Gasteiger partial charge in [-0.1, -0.05) is 43.1 Å². The second kappa shape index (κ2) is 8.58. The molecule has 1 aliphatic rings. The summed E-state index contributed by atoms with van der Waals surface area (Å²) in [5.74, 6) is 0.260. The van der Waals surface area contributed by atoms with E-state index in [0.717, 1.165) is 6.42 Å². The number of amides is 3. The summed E-state index contributed by atoms with van der Waals surface area (Å²) < 4.78 is 0. The maximum absolute atomic E-state index is 12.7. The van der Waals surface area contributed by atoms with Crippen LogP contribution in [0.25, 0.3) is 0 Å². The summed E-state index contributed by atoms with van der Waals surface area (Å²) in [5, 5.41) is 3.56. The van der Waals surface area contributed by atoms with Crippen molar-refractivity contribution in [3.63, 3.8) is 0 Å². The summed E-state index contributed by atoms with van der Waals surface area (Å²) in [6.45, 7) is 6.98. The smallest absolute Gasteiger partial charge is 0.317 e. The maximum atomic E-state index is 12.7. The zero-order valence-electron chi connectivity index (χ0n) is 14.0. The lowest BCUT2D eigenvalue weighted by Crippen LogP contribution is -2.43. The molecule has 0 spiro atoms. The number of nitrogens with zero attached hydrogens (tertiary/aromatic N) is 2. The topological polar surface area (TPSA) is 52.7 Å². The van der Waals surface area contributed by atoms with E-state index in [-0.39, 0.29) is 17.0 Å². The van der Waals surface area contributed by atoms with E-state index in [2.05, 4.69) is 19.2 Å². The lowest BCUT2D eigenvalue weighted by atomic mass is 10.2. The molecule has 1 fully saturated rings. The molecule has 1 aliphatic heterocycles. The Morgan fingerprint density at radius 1 is 1.12 bits per heavy atom. The van der Waals surface area contributed by atoms with E-state index in [1.807, 2.05) is 0 Å². The largest absolute Gasteiger partial charge is 0.338 e. The standard InChI is InChI=1S/C17H23Cl2N3O2/c1-12(2)11-20-17(24)22-8-4-7-21(9-10-22)16(23)13-5-3-6-14(18)15(13)19/h3,5-6,12H,4,7-11H2,1-2H3,(H,20,24). The Balaban J connectivity index is 1.99. The molecule has 1 heterocycles. The summed E-state index contributed by atoms with van der Waals surface area (Å²) in [5.41, 5.74) is 0.405. The fourth-order valence-corrected chi connectivity index (χ4v) is 2.95. The molecule has 0 bridgehead atoms. The van der Waals surface area contributed by atoms with Gasteiger partial charge in [0.25, 0.3) is 5.91 Å². The number of benzene rings is 1. The van der Waals surface area contributed by atoms with Crippen LogP contribution in [0.4, 0.5) is 4.79 Å². The van der Waals surface area contributed by atoms with Crippen LogP contribution in [0.1, 0.15) is 30.6 Å². The van der Waals surface area contributed by atoms with Gasteiger partial charge in [0.2, 0.25) is 0 Å². The van der Waals surface area contributed by atoms with Gasteiger partial charge < -0.3 is 15.1 Å². The normalized spacial score (nSPS) is 15.4. The average Bonchev–Trinajstić information content (AvgIpc) is 2.80. The monoisotopic (exact) mass is 371 g/mol. The molecule has 0 saturated carbocycles. The van der Waals surface area contributed by atoms with Gasteiger partial charge in [-0.3, -0.25) is 4.79 Å². The van der Waals surface area contributed by atoms with Gasteiger partial charge in [0, 0.05) is 32.7 Å². The lowest BCUT2D eigenvalue weighted by molar-refractivity contribution is 0.0762. The minimum Gasteiger partial charge on any atom is -0.338 e. The molecule has 0 unspecified atom stereocenters. The predicted molar refractivity (Wildman–Crippen MR) is 96.8 cm³/mol. The summed E-state index contributed by atoms with van der Waals surface area (Å²) in [7, 11) is 0. The molecular formula is C17H23Cl2N3O2. The van der Waals surface area contributed by atoms with Crippen LogP contribution in [0.5, 0.6) is 0 Å². The quantitative estimate of drug-likeness (QED) is 0.883. The van der Waals surface area contributed by atoms with E-state index in [1.54, 1.807) is 28.0 Å². The summed E-state index contributed by atoms with van der Waals surface area (Å²) >= 11 is 12.1. The third kappa shape index (κ3) is 4.77. The van der Waals surface area contributed by atoms with Crippen molar-refractivity contribution in [2.45, 2.75) is 20.3 Å². The molecule has 0 radical (unpaired) electrons. The predicted octanol–water partition coefficient (Wildman–Crippen LogP) is 3.51. The molecule has 1 N–H and O–H groups in total. The van der Waals surface area contributed by atoms with Crippen LogP contribution in [0.3, 0.4) is 0 Å². The molecule has 0 atom stereocenters. The van der Waals surface area contributed by atoms with Crippen molar-refractivity contribution in [2.24, 2.45) is 5.92 Å². The minimum atomic E-state index is -0.146. The van der Waals surface area contributed by atoms with Crippen LogP contribution < -0.4 is 5.32 Å². The molecule has 24 heavy (non-hydrogen) atoms. The number of urea groups is 1. The summed E-state index contributed by atoms with van der Waals surface area (Å²) in [4.78, 5) is 28.3. The first-order valence-electron chi connectivity index (χ1n) is 8.16. The van der Waals surface area contributed by atoms with Crippen molar-refractivity contribution in [3.05, 3.63) is 33.8 Å². The zero-order chi connectivity index (χ0) is 17.7. The fraction of sp³-hybridized carbons (Fsp3) is 0.529. The molecule has 2 rings (SSSR count). The highest BCUT2D eigenvalue weighted by atomic mass is 35.5. The number of hydrogen-bond acceptors (Lipinski definition) is 2. The van der Waals surface area contributed by atoms with Gasteiger partial charge in [0.05, 0.1) is 15.6 Å². The molecule has 132 valence electrons. The van der Waals surface area contributed by atoms with Crippen LogP contribution >= 0.6 is 23.2 Å². The second-order valence-corrected chi connectivity index (χ2v) is 7.10. The van der Waals surface area contributed by atoms with E-state index < -0.39 is 0 Å².